The lowest BCUT2D eigenvalue weighted by Gasteiger charge is -2.20. The molecule has 0 bridgehead atoms. The molecule has 246 valence electrons. The van der Waals surface area contributed by atoms with Crippen LogP contribution in [0.2, 0.25) is 0 Å². The summed E-state index contributed by atoms with van der Waals surface area (Å²) in [5, 5.41) is 8.88. The van der Waals surface area contributed by atoms with E-state index in [9.17, 15) is 19.2 Å². The van der Waals surface area contributed by atoms with E-state index in [1.807, 2.05) is 48.5 Å². The molecule has 1 aromatic heterocycles. The Morgan fingerprint density at radius 1 is 1.02 bits per heavy atom. The Kier molecular flexibility index (Phi) is 17.2. The predicted molar refractivity (Wildman–Crippen MR) is 177 cm³/mol. The Hall–Kier alpha value is -4.02. The molecule has 3 aromatic rings. The van der Waals surface area contributed by atoms with Crippen LogP contribution < -0.4 is 20.7 Å². The van der Waals surface area contributed by atoms with Crippen LogP contribution in [0.4, 0.5) is 0 Å². The molecule has 2 amide bonds. The molecule has 1 aliphatic rings. The Labute approximate surface area is 267 Å². The van der Waals surface area contributed by atoms with Crippen molar-refractivity contribution in [2.45, 2.75) is 65.0 Å². The molecule has 45 heavy (non-hydrogen) atoms. The molecule has 10 nitrogen and oxygen atoms in total. The zero-order valence-electron chi connectivity index (χ0n) is 27.3. The fraction of sp³-hybridized carbons (Fsp3) is 0.486. The van der Waals surface area contributed by atoms with Gasteiger partial charge >= 0.3 is 0 Å². The van der Waals surface area contributed by atoms with Crippen molar-refractivity contribution in [3.63, 3.8) is 0 Å². The maximum Gasteiger partial charge on any atom is 0.234 e. The summed E-state index contributed by atoms with van der Waals surface area (Å²) in [6, 6.07) is 16.2. The van der Waals surface area contributed by atoms with Crippen LogP contribution in [-0.2, 0) is 25.7 Å². The number of H-pyrrole nitrogens is 1. The number of hydrogen-bond donors (Lipinski definition) is 4. The molecule has 2 atom stereocenters. The highest BCUT2D eigenvalue weighted by Crippen LogP contribution is 2.25. The first kappa shape index (κ1) is 37.2. The van der Waals surface area contributed by atoms with Gasteiger partial charge in [0.2, 0.25) is 11.8 Å². The lowest BCUT2D eigenvalue weighted by Crippen LogP contribution is -2.47. The van der Waals surface area contributed by atoms with Crippen molar-refractivity contribution >= 4 is 34.8 Å². The molecule has 0 spiro atoms. The van der Waals surface area contributed by atoms with E-state index in [2.05, 4.69) is 27.9 Å². The lowest BCUT2D eigenvalue weighted by atomic mass is 9.91. The molecule has 4 N–H and O–H groups in total. The number of ketones is 1. The highest BCUT2D eigenvalue weighted by atomic mass is 16.5. The van der Waals surface area contributed by atoms with Gasteiger partial charge in [0.15, 0.2) is 12.1 Å². The average molecular weight is 623 g/mol. The topological polar surface area (TPSA) is 139 Å². The standard InChI is InChI=1S/C18H27N3O4.C10H9NO2.C7H14/c1-13(18(24)20-3)9-15(21-17(23)10-19-2)16(22)12-25-11-14-7-5-4-6-8-14;1-13-10-4-2-3-9-8(10)5-7(6-12)11-9;1-7-5-3-2-4-6-7/h4-8,13,15,19H,9-12H2,1-3H3,(H,20,24)(H,21,23);2-6,11H,1H3;7H,2-6H2,1H3. The number of nitrogens with one attached hydrogen (secondary N) is 4. The lowest BCUT2D eigenvalue weighted by molar-refractivity contribution is -0.132. The summed E-state index contributed by atoms with van der Waals surface area (Å²) < 4.78 is 10.6. The number of methoxy groups -OCH3 is 1. The van der Waals surface area contributed by atoms with Crippen LogP contribution in [0, 0.1) is 11.8 Å². The van der Waals surface area contributed by atoms with Gasteiger partial charge in [0, 0.05) is 23.9 Å². The number of rotatable bonds is 13. The van der Waals surface area contributed by atoms with E-state index < -0.39 is 12.0 Å². The summed E-state index contributed by atoms with van der Waals surface area (Å²) in [6.45, 7) is 4.37. The van der Waals surface area contributed by atoms with Gasteiger partial charge in [0.1, 0.15) is 12.4 Å². The molecule has 0 radical (unpaired) electrons. The van der Waals surface area contributed by atoms with Gasteiger partial charge in [-0.1, -0.05) is 82.3 Å². The predicted octanol–water partition coefficient (Wildman–Crippen LogP) is 4.82. The van der Waals surface area contributed by atoms with E-state index in [-0.39, 0.29) is 37.2 Å². The summed E-state index contributed by atoms with van der Waals surface area (Å²) in [4.78, 5) is 49.4. The van der Waals surface area contributed by atoms with Gasteiger partial charge in [0.05, 0.1) is 32.0 Å². The van der Waals surface area contributed by atoms with Crippen LogP contribution in [0.3, 0.4) is 0 Å². The number of ether oxygens (including phenoxy) is 2. The van der Waals surface area contributed by atoms with Gasteiger partial charge in [-0.15, -0.1) is 0 Å². The fourth-order valence-electron chi connectivity index (χ4n) is 5.03. The highest BCUT2D eigenvalue weighted by Gasteiger charge is 2.25. The monoisotopic (exact) mass is 622 g/mol. The second kappa shape index (κ2) is 20.8. The van der Waals surface area contributed by atoms with E-state index in [0.717, 1.165) is 34.4 Å². The molecule has 0 aliphatic heterocycles. The number of amides is 2. The molecule has 2 aromatic carbocycles. The van der Waals surface area contributed by atoms with Crippen molar-refractivity contribution in [1.82, 2.24) is 20.9 Å². The number of aromatic nitrogens is 1. The minimum Gasteiger partial charge on any atom is -0.496 e. The summed E-state index contributed by atoms with van der Waals surface area (Å²) in [6.07, 6.45) is 8.45. The van der Waals surface area contributed by atoms with Crippen molar-refractivity contribution in [3.05, 3.63) is 65.9 Å². The van der Waals surface area contributed by atoms with Gasteiger partial charge in [-0.05, 0) is 43.1 Å². The average Bonchev–Trinajstić information content (AvgIpc) is 3.49. The number of likely N-dealkylation sites (N-methyl/N-ethyl adjacent to an activating group) is 1. The maximum absolute atomic E-state index is 12.4. The molecule has 1 fully saturated rings. The highest BCUT2D eigenvalue weighted by molar-refractivity contribution is 5.92. The second-order valence-electron chi connectivity index (χ2n) is 11.4. The van der Waals surface area contributed by atoms with Crippen LogP contribution in [0.1, 0.15) is 68.4 Å². The second-order valence-corrected chi connectivity index (χ2v) is 11.4. The van der Waals surface area contributed by atoms with E-state index in [0.29, 0.717) is 12.3 Å². The van der Waals surface area contributed by atoms with Crippen molar-refractivity contribution < 1.29 is 28.7 Å². The normalized spacial score (nSPS) is 14.1. The van der Waals surface area contributed by atoms with E-state index >= 15 is 0 Å². The van der Waals surface area contributed by atoms with Gasteiger partial charge in [-0.25, -0.2) is 0 Å². The van der Waals surface area contributed by atoms with E-state index in [1.165, 1.54) is 39.2 Å². The molecule has 0 saturated heterocycles. The van der Waals surface area contributed by atoms with Gasteiger partial charge in [0.25, 0.3) is 0 Å². The third kappa shape index (κ3) is 13.7. The number of hydrogen-bond acceptors (Lipinski definition) is 7. The number of benzene rings is 2. The van der Waals surface area contributed by atoms with Crippen LogP contribution in [0.25, 0.3) is 10.9 Å². The van der Waals surface area contributed by atoms with Crippen LogP contribution >= 0.6 is 0 Å². The van der Waals surface area contributed by atoms with Crippen molar-refractivity contribution in [1.29, 1.82) is 0 Å². The Balaban J connectivity index is 0.000000287. The molecular formula is C35H50N4O6. The first-order chi connectivity index (χ1) is 21.7. The SMILES string of the molecule is CC1CCCCC1.CNCC(=O)NC(CC(C)C(=O)NC)C(=O)COCc1ccccc1.COc1cccc2[nH]c(C=O)cc12. The summed E-state index contributed by atoms with van der Waals surface area (Å²) >= 11 is 0. The minimum atomic E-state index is -0.760. The number of Topliss-reactive ketones (excluding diaryl/α,β-unsaturated/α-hetero) is 1. The largest absolute Gasteiger partial charge is 0.496 e. The van der Waals surface area contributed by atoms with E-state index in [4.69, 9.17) is 9.47 Å². The number of carbonyl (C=O) groups is 4. The Morgan fingerprint density at radius 3 is 2.31 bits per heavy atom. The van der Waals surface area contributed by atoms with Crippen molar-refractivity contribution in [3.8, 4) is 5.75 Å². The number of carbonyl (C=O) groups excluding carboxylic acids is 4. The van der Waals surface area contributed by atoms with Gasteiger partial charge in [-0.3, -0.25) is 19.2 Å². The smallest absolute Gasteiger partial charge is 0.234 e. The first-order valence-electron chi connectivity index (χ1n) is 15.6. The zero-order chi connectivity index (χ0) is 33.0. The summed E-state index contributed by atoms with van der Waals surface area (Å²) in [5.74, 6) is 0.689. The third-order valence-corrected chi connectivity index (χ3v) is 7.59. The van der Waals surface area contributed by atoms with Crippen LogP contribution in [-0.4, -0.2) is 69.3 Å². The molecule has 4 rings (SSSR count). The summed E-state index contributed by atoms with van der Waals surface area (Å²) in [7, 11) is 4.80. The van der Waals surface area contributed by atoms with Crippen LogP contribution in [0.15, 0.2) is 54.6 Å². The molecule has 1 saturated carbocycles. The van der Waals surface area contributed by atoms with E-state index in [1.54, 1.807) is 27.1 Å². The van der Waals surface area contributed by atoms with Gasteiger partial charge in [-0.2, -0.15) is 0 Å². The molecule has 1 heterocycles. The number of aldehydes is 1. The zero-order valence-corrected chi connectivity index (χ0v) is 27.3. The first-order valence-corrected chi connectivity index (χ1v) is 15.6. The number of fused-ring (bicyclic) bond motifs is 1. The fourth-order valence-corrected chi connectivity index (χ4v) is 5.03. The van der Waals surface area contributed by atoms with Crippen molar-refractivity contribution in [2.75, 3.05) is 34.4 Å². The molecule has 1 aliphatic carbocycles. The minimum absolute atomic E-state index is 0.100. The summed E-state index contributed by atoms with van der Waals surface area (Å²) in [5.41, 5.74) is 2.45. The number of aromatic amines is 1. The van der Waals surface area contributed by atoms with Crippen LogP contribution in [0.5, 0.6) is 5.75 Å². The quantitative estimate of drug-likeness (QED) is 0.201. The third-order valence-electron chi connectivity index (χ3n) is 7.59. The Bertz CT molecular complexity index is 1320. The molecule has 10 heteroatoms. The Morgan fingerprint density at radius 2 is 1.73 bits per heavy atom. The molecule has 2 unspecified atom stereocenters. The van der Waals surface area contributed by atoms with Gasteiger partial charge < -0.3 is 30.4 Å². The maximum atomic E-state index is 12.4. The van der Waals surface area contributed by atoms with Crippen molar-refractivity contribution in [2.24, 2.45) is 11.8 Å². The molecular weight excluding hydrogens is 572 g/mol.